The molecule has 0 atom stereocenters. The third kappa shape index (κ3) is 19.7. The van der Waals surface area contributed by atoms with Crippen LogP contribution in [0.1, 0.15) is 19.8 Å². The first-order valence-electron chi connectivity index (χ1n) is 1.71. The molecule has 0 unspecified atom stereocenters. The predicted molar refractivity (Wildman–Crippen MR) is 26.0 cm³/mol. The van der Waals surface area contributed by atoms with Crippen molar-refractivity contribution in [3.8, 4) is 0 Å². The Balaban J connectivity index is -0.0000000450. The van der Waals surface area contributed by atoms with Gasteiger partial charge in [-0.05, 0) is 0 Å². The van der Waals surface area contributed by atoms with Crippen molar-refractivity contribution in [2.45, 2.75) is 19.8 Å². The Kier molecular flexibility index (Phi) is 43.5. The number of unbranched alkanes of at least 4 members (excludes halogenated alkanes) is 1. The molecule has 0 fully saturated rings. The molecule has 0 saturated carbocycles. The standard InChI is InChI=1S/C4H9.ClH.Mg/c1-3-4-2;;/h1,3-4H2,2H3;1H;/q-1;;+2/p-1. The van der Waals surface area contributed by atoms with Crippen LogP contribution in [0.3, 0.4) is 0 Å². The molecule has 0 nitrogen and oxygen atoms in total. The Morgan fingerprint density at radius 3 is 1.67 bits per heavy atom. The zero-order chi connectivity index (χ0) is 3.41. The van der Waals surface area contributed by atoms with Crippen molar-refractivity contribution in [3.05, 3.63) is 6.92 Å². The Morgan fingerprint density at radius 2 is 1.67 bits per heavy atom. The molecule has 2 heteroatoms. The predicted octanol–water partition coefficient (Wildman–Crippen LogP) is -1.76. The molecule has 34 valence electrons. The second-order valence-electron chi connectivity index (χ2n) is 0.854. The molecule has 0 aliphatic rings. The Labute approximate surface area is 62.3 Å². The van der Waals surface area contributed by atoms with Crippen LogP contribution in [0, 0.1) is 6.92 Å². The molecule has 0 N–H and O–H groups in total. The summed E-state index contributed by atoms with van der Waals surface area (Å²) in [6.07, 6.45) is 2.28. The first-order chi connectivity index (χ1) is 1.91. The molecule has 0 aromatic heterocycles. The van der Waals surface area contributed by atoms with Gasteiger partial charge in [-0.3, -0.25) is 0 Å². The van der Waals surface area contributed by atoms with Crippen LogP contribution in [0.15, 0.2) is 0 Å². The van der Waals surface area contributed by atoms with E-state index >= 15 is 0 Å². The van der Waals surface area contributed by atoms with Gasteiger partial charge in [0.2, 0.25) is 0 Å². The minimum atomic E-state index is 0. The van der Waals surface area contributed by atoms with Gasteiger partial charge in [-0.25, -0.2) is 0 Å². The van der Waals surface area contributed by atoms with Crippen LogP contribution in [0.2, 0.25) is 0 Å². The van der Waals surface area contributed by atoms with Crippen molar-refractivity contribution >= 4 is 23.1 Å². The van der Waals surface area contributed by atoms with E-state index in [1.165, 1.54) is 6.42 Å². The molecule has 0 bridgehead atoms. The summed E-state index contributed by atoms with van der Waals surface area (Å²) in [7, 11) is 0. The van der Waals surface area contributed by atoms with E-state index in [0.717, 1.165) is 6.42 Å². The summed E-state index contributed by atoms with van der Waals surface area (Å²) in [6.45, 7) is 5.72. The van der Waals surface area contributed by atoms with Crippen LogP contribution in [0.25, 0.3) is 0 Å². The van der Waals surface area contributed by atoms with E-state index in [4.69, 9.17) is 0 Å². The van der Waals surface area contributed by atoms with Gasteiger partial charge in [0.1, 0.15) is 0 Å². The van der Waals surface area contributed by atoms with Gasteiger partial charge in [-0.15, -0.1) is 0 Å². The van der Waals surface area contributed by atoms with Crippen molar-refractivity contribution in [1.82, 2.24) is 0 Å². The molecule has 0 rings (SSSR count). The van der Waals surface area contributed by atoms with Crippen molar-refractivity contribution < 1.29 is 12.4 Å². The van der Waals surface area contributed by atoms with Crippen LogP contribution in [-0.4, -0.2) is 23.1 Å². The van der Waals surface area contributed by atoms with Gasteiger partial charge >= 0.3 is 23.1 Å². The first kappa shape index (κ1) is 15.7. The Bertz CT molecular complexity index is 9.51. The van der Waals surface area contributed by atoms with Gasteiger partial charge in [-0.2, -0.15) is 6.42 Å². The summed E-state index contributed by atoms with van der Waals surface area (Å²) in [5, 5.41) is 0. The van der Waals surface area contributed by atoms with Crippen molar-refractivity contribution in [1.29, 1.82) is 0 Å². The number of rotatable bonds is 1. The maximum atomic E-state index is 3.60. The first-order valence-corrected chi connectivity index (χ1v) is 1.71. The van der Waals surface area contributed by atoms with Gasteiger partial charge in [0.15, 0.2) is 0 Å². The molecule has 0 aliphatic carbocycles. The molecule has 0 heterocycles. The average Bonchev–Trinajstić information content (AvgIpc) is 1.37. The van der Waals surface area contributed by atoms with Gasteiger partial charge < -0.3 is 19.3 Å². The molecule has 6 heavy (non-hydrogen) atoms. The quantitative estimate of drug-likeness (QED) is 0.282. The molecule has 0 aliphatic heterocycles. The van der Waals surface area contributed by atoms with Crippen molar-refractivity contribution in [3.63, 3.8) is 0 Å². The average molecular weight is 117 g/mol. The third-order valence-electron chi connectivity index (χ3n) is 0.354. The summed E-state index contributed by atoms with van der Waals surface area (Å²) < 4.78 is 0. The minimum Gasteiger partial charge on any atom is -1.00 e. The van der Waals surface area contributed by atoms with E-state index in [2.05, 4.69) is 13.8 Å². The fraction of sp³-hybridized carbons (Fsp3) is 0.750. The molecule has 0 aromatic rings. The van der Waals surface area contributed by atoms with E-state index in [1.54, 1.807) is 0 Å². The molecular formula is C4H9ClMg. The molecule has 0 aromatic carbocycles. The van der Waals surface area contributed by atoms with E-state index in [9.17, 15) is 0 Å². The smallest absolute Gasteiger partial charge is 1.00 e. The molecule has 0 saturated heterocycles. The number of hydrogen-bond donors (Lipinski definition) is 0. The van der Waals surface area contributed by atoms with E-state index in [-0.39, 0.29) is 35.5 Å². The Morgan fingerprint density at radius 1 is 1.50 bits per heavy atom. The summed E-state index contributed by atoms with van der Waals surface area (Å²) in [5.41, 5.74) is 0. The maximum absolute atomic E-state index is 3.60. The Hall–Kier alpha value is 1.06. The van der Waals surface area contributed by atoms with Gasteiger partial charge in [0, 0.05) is 0 Å². The van der Waals surface area contributed by atoms with Crippen LogP contribution < -0.4 is 12.4 Å². The summed E-state index contributed by atoms with van der Waals surface area (Å²) in [6, 6.07) is 0. The summed E-state index contributed by atoms with van der Waals surface area (Å²) >= 11 is 0. The normalized spacial score (nSPS) is 5.00. The third-order valence-corrected chi connectivity index (χ3v) is 0.354. The minimum absolute atomic E-state index is 0. The summed E-state index contributed by atoms with van der Waals surface area (Å²) in [4.78, 5) is 0. The number of hydrogen-bond acceptors (Lipinski definition) is 0. The van der Waals surface area contributed by atoms with Gasteiger partial charge in [0.25, 0.3) is 0 Å². The molecule has 0 spiro atoms. The zero-order valence-corrected chi connectivity index (χ0v) is 6.38. The maximum Gasteiger partial charge on any atom is 2.00 e. The van der Waals surface area contributed by atoms with Crippen LogP contribution in [0.4, 0.5) is 0 Å². The largest absolute Gasteiger partial charge is 2.00 e. The van der Waals surface area contributed by atoms with Gasteiger partial charge in [-0.1, -0.05) is 13.3 Å². The second-order valence-corrected chi connectivity index (χ2v) is 0.854. The monoisotopic (exact) mass is 116 g/mol. The van der Waals surface area contributed by atoms with Crippen molar-refractivity contribution in [2.75, 3.05) is 0 Å². The SMILES string of the molecule is [CH2-]CCC.[Cl-].[Mg+2]. The molecular weight excluding hydrogens is 108 g/mol. The fourth-order valence-electron chi connectivity index (χ4n) is 0. The van der Waals surface area contributed by atoms with E-state index < -0.39 is 0 Å². The zero-order valence-electron chi connectivity index (χ0n) is 4.21. The van der Waals surface area contributed by atoms with Crippen LogP contribution in [0.5, 0.6) is 0 Å². The van der Waals surface area contributed by atoms with Gasteiger partial charge in [0.05, 0.1) is 0 Å². The van der Waals surface area contributed by atoms with Crippen LogP contribution >= 0.6 is 0 Å². The molecule has 0 radical (unpaired) electrons. The topological polar surface area (TPSA) is 0 Å². The van der Waals surface area contributed by atoms with E-state index in [0.29, 0.717) is 0 Å². The second kappa shape index (κ2) is 16.6. The number of halogens is 1. The van der Waals surface area contributed by atoms with Crippen LogP contribution in [-0.2, 0) is 0 Å². The fourth-order valence-corrected chi connectivity index (χ4v) is 0. The molecule has 0 amide bonds. The van der Waals surface area contributed by atoms with Crippen molar-refractivity contribution in [2.24, 2.45) is 0 Å². The van der Waals surface area contributed by atoms with E-state index in [1.807, 2.05) is 0 Å². The summed E-state index contributed by atoms with van der Waals surface area (Å²) in [5.74, 6) is 0.